The van der Waals surface area contributed by atoms with Gasteiger partial charge in [-0.15, -0.1) is 5.10 Å². The van der Waals surface area contributed by atoms with Crippen LogP contribution in [-0.2, 0) is 6.18 Å². The molecule has 7 nitrogen and oxygen atoms in total. The molecule has 0 fully saturated rings. The number of ether oxygens (including phenoxy) is 2. The molecule has 2 heterocycles. The summed E-state index contributed by atoms with van der Waals surface area (Å²) in [7, 11) is 1.17. The first-order valence-corrected chi connectivity index (χ1v) is 9.62. The molecule has 31 heavy (non-hydrogen) atoms. The number of alkyl halides is 3. The number of carbonyl (C=O) groups is 1. The Balaban J connectivity index is 2.37. The first-order chi connectivity index (χ1) is 14.6. The molecule has 3 rings (SSSR count). The van der Waals surface area contributed by atoms with Gasteiger partial charge in [0, 0.05) is 11.3 Å². The summed E-state index contributed by atoms with van der Waals surface area (Å²) < 4.78 is 65.4. The van der Waals surface area contributed by atoms with Crippen LogP contribution in [0.4, 0.5) is 17.6 Å². The third-order valence-corrected chi connectivity index (χ3v) is 5.01. The van der Waals surface area contributed by atoms with Crippen LogP contribution < -0.4 is 15.2 Å². The Bertz CT molecular complexity index is 1150. The van der Waals surface area contributed by atoms with Crippen molar-refractivity contribution in [1.29, 1.82) is 0 Å². The lowest BCUT2D eigenvalue weighted by Crippen LogP contribution is -2.17. The summed E-state index contributed by atoms with van der Waals surface area (Å²) in [6.45, 7) is 3.58. The van der Waals surface area contributed by atoms with E-state index < -0.39 is 29.0 Å². The van der Waals surface area contributed by atoms with Gasteiger partial charge in [-0.25, -0.2) is 9.37 Å². The van der Waals surface area contributed by atoms with Crippen LogP contribution in [0.25, 0.3) is 21.8 Å². The van der Waals surface area contributed by atoms with Crippen molar-refractivity contribution >= 4 is 17.2 Å². The molecule has 0 saturated carbocycles. The number of hydrogen-bond donors (Lipinski definition) is 1. The van der Waals surface area contributed by atoms with Gasteiger partial charge in [0.1, 0.15) is 17.3 Å². The van der Waals surface area contributed by atoms with Crippen LogP contribution in [0.3, 0.4) is 0 Å². The SMILES string of the molecule is CCOc1nnc(-c2nc(C)cc(-c3c(OC)ccc(C(F)(F)F)c3F)c2C(N)=O)s1. The highest BCUT2D eigenvalue weighted by Gasteiger charge is 2.37. The van der Waals surface area contributed by atoms with Gasteiger partial charge in [0.05, 0.1) is 30.4 Å². The average molecular weight is 456 g/mol. The van der Waals surface area contributed by atoms with E-state index in [0.717, 1.165) is 17.4 Å². The second-order valence-electron chi connectivity index (χ2n) is 6.21. The molecule has 12 heteroatoms. The van der Waals surface area contributed by atoms with Crippen molar-refractivity contribution in [3.8, 4) is 32.8 Å². The first-order valence-electron chi connectivity index (χ1n) is 8.80. The summed E-state index contributed by atoms with van der Waals surface area (Å²) in [5, 5.41) is 8.06. The maximum atomic E-state index is 15.1. The molecule has 0 unspecified atom stereocenters. The van der Waals surface area contributed by atoms with Crippen molar-refractivity contribution < 1.29 is 31.8 Å². The molecule has 0 atom stereocenters. The minimum Gasteiger partial charge on any atom is -0.496 e. The number of nitrogens with zero attached hydrogens (tertiary/aromatic N) is 3. The van der Waals surface area contributed by atoms with Crippen molar-refractivity contribution in [3.63, 3.8) is 0 Å². The number of amides is 1. The number of methoxy groups -OCH3 is 1. The monoisotopic (exact) mass is 456 g/mol. The number of halogens is 4. The Hall–Kier alpha value is -3.28. The zero-order valence-corrected chi connectivity index (χ0v) is 17.3. The van der Waals surface area contributed by atoms with Crippen molar-refractivity contribution in [2.75, 3.05) is 13.7 Å². The maximum Gasteiger partial charge on any atom is 0.419 e. The van der Waals surface area contributed by atoms with Crippen LogP contribution >= 0.6 is 11.3 Å². The van der Waals surface area contributed by atoms with E-state index in [4.69, 9.17) is 15.2 Å². The van der Waals surface area contributed by atoms with E-state index >= 15 is 4.39 Å². The number of carbonyl (C=O) groups excluding carboxylic acids is 1. The molecule has 0 aliphatic heterocycles. The van der Waals surface area contributed by atoms with Crippen LogP contribution in [0, 0.1) is 12.7 Å². The largest absolute Gasteiger partial charge is 0.496 e. The van der Waals surface area contributed by atoms with Gasteiger partial charge in [-0.1, -0.05) is 16.4 Å². The molecule has 1 amide bonds. The molecular weight excluding hydrogens is 440 g/mol. The highest BCUT2D eigenvalue weighted by Crippen LogP contribution is 2.43. The van der Waals surface area contributed by atoms with Gasteiger partial charge in [0.25, 0.3) is 11.1 Å². The van der Waals surface area contributed by atoms with Crippen LogP contribution in [0.15, 0.2) is 18.2 Å². The molecule has 3 aromatic rings. The highest BCUT2D eigenvalue weighted by atomic mass is 32.1. The highest BCUT2D eigenvalue weighted by molar-refractivity contribution is 7.16. The lowest BCUT2D eigenvalue weighted by Gasteiger charge is -2.18. The van der Waals surface area contributed by atoms with Gasteiger partial charge in [0.15, 0.2) is 5.01 Å². The summed E-state index contributed by atoms with van der Waals surface area (Å²) in [4.78, 5) is 16.6. The van der Waals surface area contributed by atoms with E-state index in [1.54, 1.807) is 6.92 Å². The second kappa shape index (κ2) is 8.46. The third-order valence-electron chi connectivity index (χ3n) is 4.17. The Labute approximate surface area is 177 Å². The number of benzene rings is 1. The van der Waals surface area contributed by atoms with E-state index in [1.807, 2.05) is 0 Å². The molecule has 0 spiro atoms. The minimum absolute atomic E-state index is 0.0511. The van der Waals surface area contributed by atoms with E-state index in [-0.39, 0.29) is 38.5 Å². The van der Waals surface area contributed by atoms with Crippen molar-refractivity contribution in [3.05, 3.63) is 40.8 Å². The van der Waals surface area contributed by atoms with Crippen LogP contribution in [0.2, 0.25) is 0 Å². The number of rotatable bonds is 6. The minimum atomic E-state index is -4.96. The molecule has 0 saturated heterocycles. The zero-order chi connectivity index (χ0) is 22.9. The summed E-state index contributed by atoms with van der Waals surface area (Å²) in [5.41, 5.74) is 3.16. The standard InChI is InChI=1S/C19H16F4N4O3S/c1-4-30-18-27-26-17(31-18)15-13(16(24)28)9(7-8(2)25-15)12-11(29-3)6-5-10(14(12)20)19(21,22)23/h5-7H,4H2,1-3H3,(H2,24,28). The van der Waals surface area contributed by atoms with E-state index in [2.05, 4.69) is 15.2 Å². The maximum absolute atomic E-state index is 15.1. The fraction of sp³-hybridized carbons (Fsp3) is 0.263. The van der Waals surface area contributed by atoms with E-state index in [0.29, 0.717) is 12.7 Å². The molecule has 0 aliphatic carbocycles. The van der Waals surface area contributed by atoms with Crippen LogP contribution in [-0.4, -0.2) is 34.8 Å². The Morgan fingerprint density at radius 2 is 1.97 bits per heavy atom. The van der Waals surface area contributed by atoms with Gasteiger partial charge in [0.2, 0.25) is 0 Å². The number of primary amides is 1. The molecular formula is C19H16F4N4O3S. The number of nitrogens with two attached hydrogens (primary N) is 1. The average Bonchev–Trinajstić information content (AvgIpc) is 3.14. The molecule has 164 valence electrons. The van der Waals surface area contributed by atoms with Crippen LogP contribution in [0.5, 0.6) is 10.9 Å². The quantitative estimate of drug-likeness (QED) is 0.557. The van der Waals surface area contributed by atoms with E-state index in [9.17, 15) is 18.0 Å². The molecule has 2 aromatic heterocycles. The van der Waals surface area contributed by atoms with Crippen LogP contribution in [0.1, 0.15) is 28.5 Å². The Morgan fingerprint density at radius 1 is 1.26 bits per heavy atom. The summed E-state index contributed by atoms with van der Waals surface area (Å²) in [5.74, 6) is -2.85. The van der Waals surface area contributed by atoms with Crippen molar-refractivity contribution in [2.24, 2.45) is 5.73 Å². The molecule has 0 bridgehead atoms. The van der Waals surface area contributed by atoms with Gasteiger partial charge >= 0.3 is 6.18 Å². The number of aryl methyl sites for hydroxylation is 1. The lowest BCUT2D eigenvalue weighted by molar-refractivity contribution is -0.139. The Morgan fingerprint density at radius 3 is 2.55 bits per heavy atom. The van der Waals surface area contributed by atoms with Gasteiger partial charge in [-0.05, 0) is 32.0 Å². The van der Waals surface area contributed by atoms with Gasteiger partial charge in [-0.2, -0.15) is 13.2 Å². The number of aromatic nitrogens is 3. The van der Waals surface area contributed by atoms with E-state index in [1.165, 1.54) is 20.1 Å². The lowest BCUT2D eigenvalue weighted by atomic mass is 9.94. The predicted octanol–water partition coefficient (Wildman–Crippen LogP) is 4.24. The zero-order valence-electron chi connectivity index (χ0n) is 16.5. The fourth-order valence-corrected chi connectivity index (χ4v) is 3.71. The molecule has 2 N–H and O–H groups in total. The third kappa shape index (κ3) is 4.29. The number of hydrogen-bond acceptors (Lipinski definition) is 7. The molecule has 0 radical (unpaired) electrons. The normalized spacial score (nSPS) is 11.5. The van der Waals surface area contributed by atoms with Gasteiger partial charge in [-0.3, -0.25) is 4.79 Å². The topological polar surface area (TPSA) is 100 Å². The van der Waals surface area contributed by atoms with Crippen molar-refractivity contribution in [2.45, 2.75) is 20.0 Å². The predicted molar refractivity (Wildman–Crippen MR) is 105 cm³/mol. The summed E-state index contributed by atoms with van der Waals surface area (Å²) >= 11 is 0.957. The number of pyridine rings is 1. The summed E-state index contributed by atoms with van der Waals surface area (Å²) in [6.07, 6.45) is -4.96. The van der Waals surface area contributed by atoms with Crippen molar-refractivity contribution in [1.82, 2.24) is 15.2 Å². The smallest absolute Gasteiger partial charge is 0.419 e. The summed E-state index contributed by atoms with van der Waals surface area (Å²) in [6, 6.07) is 2.80. The fourth-order valence-electron chi connectivity index (χ4n) is 2.96. The Kier molecular flexibility index (Phi) is 6.11. The van der Waals surface area contributed by atoms with Gasteiger partial charge < -0.3 is 15.2 Å². The first kappa shape index (κ1) is 22.4. The second-order valence-corrected chi connectivity index (χ2v) is 7.15. The molecule has 0 aliphatic rings. The molecule has 1 aromatic carbocycles.